The van der Waals surface area contributed by atoms with Crippen molar-refractivity contribution in [3.63, 3.8) is 0 Å². The van der Waals surface area contributed by atoms with E-state index in [0.717, 1.165) is 45.4 Å². The lowest BCUT2D eigenvalue weighted by Gasteiger charge is -2.36. The first-order valence-corrected chi connectivity index (χ1v) is 6.67. The normalized spacial score (nSPS) is 25.6. The number of nitrogens with one attached hydrogen (secondary N) is 1. The lowest BCUT2D eigenvalue weighted by Crippen LogP contribution is -2.45. The van der Waals surface area contributed by atoms with Gasteiger partial charge in [-0.3, -0.25) is 0 Å². The van der Waals surface area contributed by atoms with Crippen LogP contribution >= 0.6 is 0 Å². The van der Waals surface area contributed by atoms with Gasteiger partial charge in [-0.1, -0.05) is 13.8 Å². The molecular weight excluding hydrogens is 218 g/mol. The van der Waals surface area contributed by atoms with E-state index >= 15 is 0 Å². The molecule has 0 aromatic rings. The lowest BCUT2D eigenvalue weighted by atomic mass is 9.88. The molecule has 0 unspecified atom stereocenters. The van der Waals surface area contributed by atoms with Gasteiger partial charge >= 0.3 is 0 Å². The third kappa shape index (κ3) is 3.41. The van der Waals surface area contributed by atoms with Crippen LogP contribution < -0.4 is 5.32 Å². The number of rotatable bonds is 4. The Morgan fingerprint density at radius 1 is 1.24 bits per heavy atom. The fraction of sp³-hybridized carbons (Fsp3) is 1.00. The van der Waals surface area contributed by atoms with Crippen LogP contribution in [0.4, 0.5) is 0 Å². The van der Waals surface area contributed by atoms with Crippen molar-refractivity contribution in [2.24, 2.45) is 5.41 Å². The first-order valence-electron chi connectivity index (χ1n) is 6.67. The van der Waals surface area contributed by atoms with Gasteiger partial charge in [0.1, 0.15) is 0 Å². The van der Waals surface area contributed by atoms with Crippen LogP contribution in [0.15, 0.2) is 0 Å². The van der Waals surface area contributed by atoms with Gasteiger partial charge in [-0.25, -0.2) is 0 Å². The molecule has 2 aliphatic rings. The van der Waals surface area contributed by atoms with Crippen molar-refractivity contribution < 1.29 is 14.6 Å². The molecule has 4 nitrogen and oxygen atoms in total. The highest BCUT2D eigenvalue weighted by Gasteiger charge is 2.40. The van der Waals surface area contributed by atoms with Gasteiger partial charge < -0.3 is 19.9 Å². The number of hydrogen-bond donors (Lipinski definition) is 2. The zero-order chi connectivity index (χ0) is 12.4. The first kappa shape index (κ1) is 13.3. The molecule has 1 saturated heterocycles. The van der Waals surface area contributed by atoms with E-state index in [9.17, 15) is 5.11 Å². The molecule has 1 spiro atoms. The van der Waals surface area contributed by atoms with Crippen molar-refractivity contribution in [3.05, 3.63) is 0 Å². The van der Waals surface area contributed by atoms with Crippen LogP contribution in [0.25, 0.3) is 0 Å². The van der Waals surface area contributed by atoms with Crippen LogP contribution in [0.2, 0.25) is 0 Å². The Labute approximate surface area is 104 Å². The number of ether oxygens (including phenoxy) is 2. The van der Waals surface area contributed by atoms with Gasteiger partial charge in [0, 0.05) is 37.5 Å². The summed E-state index contributed by atoms with van der Waals surface area (Å²) < 4.78 is 11.4. The van der Waals surface area contributed by atoms with E-state index in [2.05, 4.69) is 19.2 Å². The second-order valence-corrected chi connectivity index (χ2v) is 6.09. The third-order valence-corrected chi connectivity index (χ3v) is 3.86. The van der Waals surface area contributed by atoms with Gasteiger partial charge in [-0.05, 0) is 12.8 Å². The Kier molecular flexibility index (Phi) is 4.08. The Morgan fingerprint density at radius 3 is 2.35 bits per heavy atom. The monoisotopic (exact) mass is 243 g/mol. The molecule has 0 aromatic carbocycles. The van der Waals surface area contributed by atoms with Crippen LogP contribution in [-0.4, -0.2) is 43.3 Å². The zero-order valence-corrected chi connectivity index (χ0v) is 11.0. The first-order chi connectivity index (χ1) is 8.05. The Hall–Kier alpha value is -0.160. The highest BCUT2D eigenvalue weighted by Crippen LogP contribution is 2.35. The summed E-state index contributed by atoms with van der Waals surface area (Å²) in [7, 11) is 0. The highest BCUT2D eigenvalue weighted by molar-refractivity contribution is 4.86. The zero-order valence-electron chi connectivity index (χ0n) is 11.0. The lowest BCUT2D eigenvalue weighted by molar-refractivity contribution is -0.179. The van der Waals surface area contributed by atoms with Crippen molar-refractivity contribution in [3.8, 4) is 0 Å². The molecule has 2 rings (SSSR count). The van der Waals surface area contributed by atoms with E-state index in [4.69, 9.17) is 9.47 Å². The minimum atomic E-state index is -0.259. The Balaban J connectivity index is 1.72. The van der Waals surface area contributed by atoms with Crippen LogP contribution in [0, 0.1) is 5.41 Å². The summed E-state index contributed by atoms with van der Waals surface area (Å²) in [6.07, 6.45) is 4.18. The summed E-state index contributed by atoms with van der Waals surface area (Å²) in [5.41, 5.74) is -0.0322. The number of aliphatic hydroxyl groups is 1. The molecule has 2 N–H and O–H groups in total. The van der Waals surface area contributed by atoms with Gasteiger partial charge in [0.25, 0.3) is 0 Å². The summed E-state index contributed by atoms with van der Waals surface area (Å²) in [5, 5.41) is 12.8. The summed E-state index contributed by atoms with van der Waals surface area (Å²) in [5.74, 6) is -0.259. The van der Waals surface area contributed by atoms with Gasteiger partial charge in [0.15, 0.2) is 5.79 Å². The molecule has 100 valence electrons. The van der Waals surface area contributed by atoms with Crippen molar-refractivity contribution in [2.75, 3.05) is 26.4 Å². The minimum absolute atomic E-state index is 0.0322. The molecule has 0 atom stereocenters. The second-order valence-electron chi connectivity index (χ2n) is 6.09. The molecule has 1 aliphatic heterocycles. The van der Waals surface area contributed by atoms with Crippen LogP contribution in [0.1, 0.15) is 39.5 Å². The third-order valence-electron chi connectivity index (χ3n) is 3.86. The maximum absolute atomic E-state index is 9.21. The van der Waals surface area contributed by atoms with Gasteiger partial charge in [-0.2, -0.15) is 0 Å². The second kappa shape index (κ2) is 5.22. The van der Waals surface area contributed by atoms with E-state index in [1.54, 1.807) is 0 Å². The molecule has 1 aliphatic carbocycles. The number of hydrogen-bond acceptors (Lipinski definition) is 4. The van der Waals surface area contributed by atoms with Crippen molar-refractivity contribution in [2.45, 2.75) is 51.4 Å². The van der Waals surface area contributed by atoms with E-state index in [0.29, 0.717) is 6.04 Å². The molecule has 2 fully saturated rings. The van der Waals surface area contributed by atoms with E-state index in [1.807, 2.05) is 0 Å². The maximum atomic E-state index is 9.21. The van der Waals surface area contributed by atoms with E-state index in [-0.39, 0.29) is 17.8 Å². The average molecular weight is 243 g/mol. The van der Waals surface area contributed by atoms with E-state index in [1.165, 1.54) is 0 Å². The Bertz CT molecular complexity index is 239. The standard InChI is InChI=1S/C13H25NO3/c1-12(2,10-15)9-14-11-3-5-13(6-4-11)16-7-8-17-13/h11,14-15H,3-10H2,1-2H3. The van der Waals surface area contributed by atoms with E-state index < -0.39 is 0 Å². The molecule has 0 aromatic heterocycles. The number of aliphatic hydroxyl groups excluding tert-OH is 1. The summed E-state index contributed by atoms with van der Waals surface area (Å²) in [4.78, 5) is 0. The summed E-state index contributed by atoms with van der Waals surface area (Å²) in [6.45, 7) is 6.73. The predicted octanol–water partition coefficient (Wildman–Crippen LogP) is 1.28. The van der Waals surface area contributed by atoms with Crippen molar-refractivity contribution in [1.82, 2.24) is 5.32 Å². The highest BCUT2D eigenvalue weighted by atomic mass is 16.7. The molecule has 1 saturated carbocycles. The van der Waals surface area contributed by atoms with Gasteiger partial charge in [0.05, 0.1) is 13.2 Å². The molecule has 0 radical (unpaired) electrons. The maximum Gasteiger partial charge on any atom is 0.168 e. The topological polar surface area (TPSA) is 50.7 Å². The fourth-order valence-electron chi connectivity index (χ4n) is 2.52. The quantitative estimate of drug-likeness (QED) is 0.781. The largest absolute Gasteiger partial charge is 0.396 e. The molecule has 0 bridgehead atoms. The van der Waals surface area contributed by atoms with Crippen molar-refractivity contribution >= 4 is 0 Å². The fourth-order valence-corrected chi connectivity index (χ4v) is 2.52. The smallest absolute Gasteiger partial charge is 0.168 e. The molecule has 17 heavy (non-hydrogen) atoms. The predicted molar refractivity (Wildman–Crippen MR) is 65.8 cm³/mol. The molecular formula is C13H25NO3. The van der Waals surface area contributed by atoms with Gasteiger partial charge in [-0.15, -0.1) is 0 Å². The van der Waals surface area contributed by atoms with Gasteiger partial charge in [0.2, 0.25) is 0 Å². The summed E-state index contributed by atoms with van der Waals surface area (Å²) >= 11 is 0. The van der Waals surface area contributed by atoms with Crippen LogP contribution in [-0.2, 0) is 9.47 Å². The van der Waals surface area contributed by atoms with Crippen LogP contribution in [0.3, 0.4) is 0 Å². The Morgan fingerprint density at radius 2 is 1.82 bits per heavy atom. The van der Waals surface area contributed by atoms with Crippen molar-refractivity contribution in [1.29, 1.82) is 0 Å². The summed E-state index contributed by atoms with van der Waals surface area (Å²) in [6, 6.07) is 0.541. The molecule has 1 heterocycles. The minimum Gasteiger partial charge on any atom is -0.396 e. The molecule has 4 heteroatoms. The average Bonchev–Trinajstić information content (AvgIpc) is 2.77. The SMILES string of the molecule is CC(C)(CO)CNC1CCC2(CC1)OCCO2. The van der Waals surface area contributed by atoms with Crippen LogP contribution in [0.5, 0.6) is 0 Å². The molecule has 0 amide bonds.